The lowest BCUT2D eigenvalue weighted by Gasteiger charge is -2.41. The Bertz CT molecular complexity index is 744. The van der Waals surface area contributed by atoms with Gasteiger partial charge in [-0.05, 0) is 41.8 Å². The van der Waals surface area contributed by atoms with Crippen LogP contribution in [0.4, 0.5) is 0 Å². The summed E-state index contributed by atoms with van der Waals surface area (Å²) in [6.07, 6.45) is 2.69. The summed E-state index contributed by atoms with van der Waals surface area (Å²) in [6.45, 7) is 6.19. The van der Waals surface area contributed by atoms with Crippen molar-refractivity contribution in [3.63, 3.8) is 0 Å². The Labute approximate surface area is 179 Å². The Morgan fingerprint density at radius 3 is 2.34 bits per heavy atom. The predicted octanol–water partition coefficient (Wildman–Crippen LogP) is 4.84. The van der Waals surface area contributed by atoms with Gasteiger partial charge in [0.15, 0.2) is 0 Å². The first kappa shape index (κ1) is 22.1. The van der Waals surface area contributed by atoms with Gasteiger partial charge in [-0.3, -0.25) is 4.90 Å². The molecule has 0 bridgehead atoms. The number of benzene rings is 2. The van der Waals surface area contributed by atoms with Gasteiger partial charge in [0.05, 0.1) is 25.9 Å². The lowest BCUT2D eigenvalue weighted by Crippen LogP contribution is -2.45. The van der Waals surface area contributed by atoms with Crippen molar-refractivity contribution < 1.29 is 14.6 Å². The highest BCUT2D eigenvalue weighted by atomic mass is 35.5. The van der Waals surface area contributed by atoms with E-state index in [0.29, 0.717) is 11.4 Å². The van der Waals surface area contributed by atoms with Gasteiger partial charge >= 0.3 is 0 Å². The molecule has 2 aromatic carbocycles. The second-order valence-corrected chi connectivity index (χ2v) is 8.21. The third-order valence-electron chi connectivity index (χ3n) is 5.89. The van der Waals surface area contributed by atoms with Crippen LogP contribution >= 0.6 is 11.6 Å². The molecule has 1 aliphatic rings. The third-order valence-corrected chi connectivity index (χ3v) is 6.15. The molecule has 4 nitrogen and oxygen atoms in total. The average molecular weight is 418 g/mol. The number of hydrogen-bond acceptors (Lipinski definition) is 4. The fourth-order valence-electron chi connectivity index (χ4n) is 4.11. The number of halogens is 1. The van der Waals surface area contributed by atoms with Crippen molar-refractivity contribution in [2.24, 2.45) is 0 Å². The van der Waals surface area contributed by atoms with E-state index in [4.69, 9.17) is 21.1 Å². The molecular formula is C24H32ClNO3. The summed E-state index contributed by atoms with van der Waals surface area (Å²) in [6, 6.07) is 15.8. The van der Waals surface area contributed by atoms with E-state index in [1.807, 2.05) is 48.5 Å². The maximum absolute atomic E-state index is 12.2. The lowest BCUT2D eigenvalue weighted by molar-refractivity contribution is -0.0293. The van der Waals surface area contributed by atoms with Crippen LogP contribution in [0.2, 0.25) is 5.02 Å². The van der Waals surface area contributed by atoms with E-state index in [2.05, 4.69) is 11.8 Å². The van der Waals surface area contributed by atoms with Crippen molar-refractivity contribution in [1.29, 1.82) is 0 Å². The van der Waals surface area contributed by atoms with Crippen LogP contribution in [-0.4, -0.2) is 50.0 Å². The smallest absolute Gasteiger partial charge is 0.118 e. The molecule has 158 valence electrons. The van der Waals surface area contributed by atoms with Gasteiger partial charge < -0.3 is 14.6 Å². The number of methoxy groups -OCH3 is 1. The SMILES string of the molecule is CCCC[C@@](O)(c1ccc(OC)cc1)[C@@H](CN1CCOCC1)c1ccc(Cl)cc1. The first-order valence-corrected chi connectivity index (χ1v) is 10.9. The van der Waals surface area contributed by atoms with E-state index in [1.165, 1.54) is 0 Å². The molecule has 0 radical (unpaired) electrons. The van der Waals surface area contributed by atoms with E-state index < -0.39 is 5.60 Å². The van der Waals surface area contributed by atoms with Gasteiger partial charge in [0.1, 0.15) is 5.75 Å². The number of ether oxygens (including phenoxy) is 2. The second-order valence-electron chi connectivity index (χ2n) is 7.77. The van der Waals surface area contributed by atoms with Gasteiger partial charge in [0.2, 0.25) is 0 Å². The normalized spacial score (nSPS) is 18.2. The van der Waals surface area contributed by atoms with Crippen LogP contribution in [0.3, 0.4) is 0 Å². The van der Waals surface area contributed by atoms with Crippen molar-refractivity contribution in [2.75, 3.05) is 40.0 Å². The summed E-state index contributed by atoms with van der Waals surface area (Å²) in [5, 5.41) is 12.9. The van der Waals surface area contributed by atoms with Crippen LogP contribution < -0.4 is 4.74 Å². The summed E-state index contributed by atoms with van der Waals surface area (Å²) in [7, 11) is 1.66. The highest BCUT2D eigenvalue weighted by Crippen LogP contribution is 2.42. The number of unbranched alkanes of at least 4 members (excludes halogenated alkanes) is 1. The minimum atomic E-state index is -0.978. The largest absolute Gasteiger partial charge is 0.497 e. The van der Waals surface area contributed by atoms with E-state index >= 15 is 0 Å². The zero-order valence-electron chi connectivity index (χ0n) is 17.4. The summed E-state index contributed by atoms with van der Waals surface area (Å²) in [5.74, 6) is 0.723. The molecule has 0 aromatic heterocycles. The Morgan fingerprint density at radius 1 is 1.10 bits per heavy atom. The van der Waals surface area contributed by atoms with Crippen LogP contribution in [0.1, 0.15) is 43.2 Å². The topological polar surface area (TPSA) is 41.9 Å². The zero-order valence-corrected chi connectivity index (χ0v) is 18.2. The zero-order chi connectivity index (χ0) is 20.7. The Kier molecular flexibility index (Phi) is 7.96. The standard InChI is InChI=1S/C24H32ClNO3/c1-3-4-13-24(27,20-7-11-22(28-2)12-8-20)23(18-26-14-16-29-17-15-26)19-5-9-21(25)10-6-19/h5-12,23,27H,3-4,13-18H2,1-2H3/t23-,24+/m0/s1. The molecule has 1 heterocycles. The number of aliphatic hydroxyl groups is 1. The number of hydrogen-bond donors (Lipinski definition) is 1. The molecule has 5 heteroatoms. The van der Waals surface area contributed by atoms with Crippen molar-refractivity contribution in [3.05, 3.63) is 64.7 Å². The molecule has 0 spiro atoms. The van der Waals surface area contributed by atoms with Crippen molar-refractivity contribution >= 4 is 11.6 Å². The van der Waals surface area contributed by atoms with Crippen LogP contribution in [0, 0.1) is 0 Å². The molecule has 2 atom stereocenters. The lowest BCUT2D eigenvalue weighted by atomic mass is 9.74. The Hall–Kier alpha value is -1.59. The molecule has 29 heavy (non-hydrogen) atoms. The first-order chi connectivity index (χ1) is 14.1. The monoisotopic (exact) mass is 417 g/mol. The fraction of sp³-hybridized carbons (Fsp3) is 0.500. The quantitative estimate of drug-likeness (QED) is 0.633. The Morgan fingerprint density at radius 2 is 1.76 bits per heavy atom. The second kappa shape index (κ2) is 10.4. The van der Waals surface area contributed by atoms with E-state index in [0.717, 1.165) is 62.6 Å². The summed E-state index contributed by atoms with van der Waals surface area (Å²) in [5.41, 5.74) is 1.06. The highest BCUT2D eigenvalue weighted by molar-refractivity contribution is 6.30. The van der Waals surface area contributed by atoms with Gasteiger partial charge in [-0.2, -0.15) is 0 Å². The molecular weight excluding hydrogens is 386 g/mol. The maximum Gasteiger partial charge on any atom is 0.118 e. The molecule has 0 unspecified atom stereocenters. The number of morpholine rings is 1. The van der Waals surface area contributed by atoms with Crippen molar-refractivity contribution in [2.45, 2.75) is 37.7 Å². The van der Waals surface area contributed by atoms with Gasteiger partial charge in [-0.1, -0.05) is 55.6 Å². The minimum Gasteiger partial charge on any atom is -0.497 e. The van der Waals surface area contributed by atoms with E-state index in [1.54, 1.807) is 7.11 Å². The van der Waals surface area contributed by atoms with Gasteiger partial charge in [0, 0.05) is 30.6 Å². The molecule has 3 rings (SSSR count). The molecule has 1 aliphatic heterocycles. The maximum atomic E-state index is 12.2. The predicted molar refractivity (Wildman–Crippen MR) is 118 cm³/mol. The highest BCUT2D eigenvalue weighted by Gasteiger charge is 2.40. The number of rotatable bonds is 9. The fourth-order valence-corrected chi connectivity index (χ4v) is 4.24. The van der Waals surface area contributed by atoms with Gasteiger partial charge in [0.25, 0.3) is 0 Å². The minimum absolute atomic E-state index is 0.0715. The average Bonchev–Trinajstić information content (AvgIpc) is 2.77. The number of nitrogens with zero attached hydrogens (tertiary/aromatic N) is 1. The third kappa shape index (κ3) is 5.52. The summed E-state index contributed by atoms with van der Waals surface area (Å²) in [4.78, 5) is 2.39. The molecule has 1 saturated heterocycles. The summed E-state index contributed by atoms with van der Waals surface area (Å²) >= 11 is 6.15. The van der Waals surface area contributed by atoms with Crippen LogP contribution in [0.5, 0.6) is 5.75 Å². The van der Waals surface area contributed by atoms with Crippen LogP contribution in [0.25, 0.3) is 0 Å². The van der Waals surface area contributed by atoms with E-state index in [9.17, 15) is 5.11 Å². The van der Waals surface area contributed by atoms with Gasteiger partial charge in [-0.15, -0.1) is 0 Å². The molecule has 0 aliphatic carbocycles. The molecule has 0 saturated carbocycles. The van der Waals surface area contributed by atoms with Crippen LogP contribution in [0.15, 0.2) is 48.5 Å². The molecule has 1 N–H and O–H groups in total. The molecule has 1 fully saturated rings. The summed E-state index contributed by atoms with van der Waals surface area (Å²) < 4.78 is 10.9. The van der Waals surface area contributed by atoms with E-state index in [-0.39, 0.29) is 5.92 Å². The van der Waals surface area contributed by atoms with Crippen molar-refractivity contribution in [3.8, 4) is 5.75 Å². The Balaban J connectivity index is 2.00. The molecule has 0 amide bonds. The van der Waals surface area contributed by atoms with Crippen molar-refractivity contribution in [1.82, 2.24) is 4.90 Å². The van der Waals surface area contributed by atoms with Gasteiger partial charge in [-0.25, -0.2) is 0 Å². The van der Waals surface area contributed by atoms with Crippen LogP contribution in [-0.2, 0) is 10.3 Å². The first-order valence-electron chi connectivity index (χ1n) is 10.5. The molecule has 2 aromatic rings.